The second kappa shape index (κ2) is 20.2. The van der Waals surface area contributed by atoms with Crippen LogP contribution in [-0.4, -0.2) is 26.6 Å². The number of rotatable bonds is 16. The lowest BCUT2D eigenvalue weighted by Crippen LogP contribution is -2.54. The molecule has 0 atom stereocenters. The van der Waals surface area contributed by atoms with Crippen molar-refractivity contribution >= 4 is 0 Å². The highest BCUT2D eigenvalue weighted by Gasteiger charge is 2.47. The summed E-state index contributed by atoms with van der Waals surface area (Å²) in [6.45, 7) is 16.8. The predicted octanol–water partition coefficient (Wildman–Crippen LogP) is 15.9. The average molecular weight is 921 g/mol. The zero-order chi connectivity index (χ0) is 49.0. The van der Waals surface area contributed by atoms with E-state index in [1.54, 1.807) is 48.5 Å². The molecule has 0 fully saturated rings. The Morgan fingerprint density at radius 1 is 0.275 bits per heavy atom. The molecule has 0 unspecified atom stereocenters. The van der Waals surface area contributed by atoms with Gasteiger partial charge in [-0.1, -0.05) is 152 Å². The molecule has 0 saturated heterocycles. The van der Waals surface area contributed by atoms with Crippen LogP contribution < -0.4 is 18.9 Å². The van der Waals surface area contributed by atoms with Crippen molar-refractivity contribution in [1.82, 2.24) is 0 Å². The number of phenols is 4. The molecular formula is C61H60O8. The lowest BCUT2D eigenvalue weighted by atomic mass is 9.91. The first-order chi connectivity index (χ1) is 33.1. The summed E-state index contributed by atoms with van der Waals surface area (Å²) in [6, 6.07) is 51.9. The molecule has 0 heterocycles. The molecule has 69 heavy (non-hydrogen) atoms. The van der Waals surface area contributed by atoms with Crippen molar-refractivity contribution in [2.75, 3.05) is 0 Å². The first-order valence-corrected chi connectivity index (χ1v) is 23.6. The maximum atomic E-state index is 10.3. The fourth-order valence-corrected chi connectivity index (χ4v) is 9.15. The number of ether oxygens (including phenoxy) is 4. The molecule has 8 aromatic rings. The molecule has 0 aliphatic rings. The number of aromatic hydroxyl groups is 4. The SMILES string of the molecule is CC(C)c1c(OC(Oc2cccc(-c3ccc(O)cc3)c2C(C)C)(Oc2cccc(-c3ccc(O)cc3)c2C(C)C)Oc2cccc(-c3ccc(O)cc3)c2C(C)C)cccc1-c1ccc(O)cc1. The Morgan fingerprint density at radius 2 is 0.464 bits per heavy atom. The second-order valence-electron chi connectivity index (χ2n) is 18.6. The highest BCUT2D eigenvalue weighted by Crippen LogP contribution is 2.46. The van der Waals surface area contributed by atoms with Gasteiger partial charge in [-0.05, 0) is 141 Å². The summed E-state index contributed by atoms with van der Waals surface area (Å²) in [7, 11) is 0. The minimum absolute atomic E-state index is 0.0835. The first-order valence-electron chi connectivity index (χ1n) is 23.6. The molecule has 0 bridgehead atoms. The molecule has 8 nitrogen and oxygen atoms in total. The predicted molar refractivity (Wildman–Crippen MR) is 276 cm³/mol. The van der Waals surface area contributed by atoms with Crippen LogP contribution in [0.4, 0.5) is 0 Å². The zero-order valence-corrected chi connectivity index (χ0v) is 40.4. The number of hydrogen-bond acceptors (Lipinski definition) is 8. The summed E-state index contributed by atoms with van der Waals surface area (Å²) in [6.07, 6.45) is -2.40. The van der Waals surface area contributed by atoms with E-state index in [9.17, 15) is 20.4 Å². The molecule has 8 aromatic carbocycles. The van der Waals surface area contributed by atoms with E-state index in [-0.39, 0.29) is 46.7 Å². The number of benzene rings is 8. The summed E-state index contributed by atoms with van der Waals surface area (Å²) in [5.74, 6) is 2.08. The average Bonchev–Trinajstić information content (AvgIpc) is 3.32. The van der Waals surface area contributed by atoms with Gasteiger partial charge in [-0.3, -0.25) is 0 Å². The summed E-state index contributed by atoms with van der Waals surface area (Å²) in [5, 5.41) is 41.2. The Morgan fingerprint density at radius 3 is 0.638 bits per heavy atom. The van der Waals surface area contributed by atoms with E-state index >= 15 is 0 Å². The molecular weight excluding hydrogens is 861 g/mol. The smallest absolute Gasteiger partial charge is 0.508 e. The minimum atomic E-state index is -2.40. The monoisotopic (exact) mass is 920 g/mol. The molecule has 352 valence electrons. The van der Waals surface area contributed by atoms with Crippen LogP contribution >= 0.6 is 0 Å². The van der Waals surface area contributed by atoms with Gasteiger partial charge in [-0.25, -0.2) is 0 Å². The fraction of sp³-hybridized carbons (Fsp3) is 0.213. The maximum absolute atomic E-state index is 10.3. The molecule has 8 rings (SSSR count). The summed E-state index contributed by atoms with van der Waals surface area (Å²) in [5.41, 5.74) is 10.5. The number of hydrogen-bond donors (Lipinski definition) is 4. The van der Waals surface area contributed by atoms with Gasteiger partial charge >= 0.3 is 6.16 Å². The van der Waals surface area contributed by atoms with Crippen LogP contribution in [0.25, 0.3) is 44.5 Å². The minimum Gasteiger partial charge on any atom is -0.508 e. The topological polar surface area (TPSA) is 118 Å². The fourth-order valence-electron chi connectivity index (χ4n) is 9.15. The van der Waals surface area contributed by atoms with E-state index in [4.69, 9.17) is 18.9 Å². The lowest BCUT2D eigenvalue weighted by molar-refractivity contribution is -0.368. The lowest BCUT2D eigenvalue weighted by Gasteiger charge is -2.36. The van der Waals surface area contributed by atoms with Gasteiger partial charge in [-0.15, -0.1) is 0 Å². The van der Waals surface area contributed by atoms with Crippen molar-refractivity contribution in [3.05, 3.63) is 192 Å². The van der Waals surface area contributed by atoms with Gasteiger partial charge in [0.1, 0.15) is 46.0 Å². The Kier molecular flexibility index (Phi) is 13.9. The highest BCUT2D eigenvalue weighted by atomic mass is 17.0. The van der Waals surface area contributed by atoms with E-state index in [0.29, 0.717) is 23.0 Å². The second-order valence-corrected chi connectivity index (χ2v) is 18.6. The number of phenolic OH excluding ortho intramolecular Hbond substituents is 4. The van der Waals surface area contributed by atoms with Crippen LogP contribution in [0.2, 0.25) is 0 Å². The van der Waals surface area contributed by atoms with Crippen molar-refractivity contribution in [1.29, 1.82) is 0 Å². The van der Waals surface area contributed by atoms with E-state index in [2.05, 4.69) is 55.4 Å². The maximum Gasteiger partial charge on any atom is 0.611 e. The van der Waals surface area contributed by atoms with E-state index in [1.165, 1.54) is 0 Å². The summed E-state index contributed by atoms with van der Waals surface area (Å²) >= 11 is 0. The van der Waals surface area contributed by atoms with Crippen LogP contribution in [0.5, 0.6) is 46.0 Å². The quantitative estimate of drug-likeness (QED) is 0.0708. The standard InChI is InChI=1S/C61H60O8/c1-37(2)57-49(41-21-29-45(62)30-22-41)13-9-17-53(57)66-61(67-54-18-10-14-50(58(54)38(3)4)42-23-31-46(63)32-24-42,68-55-19-11-15-51(59(55)39(5)6)43-25-33-47(64)34-26-43)69-56-20-12-16-52(60(56)40(7)8)44-27-35-48(65)36-28-44/h9-40,62-65H,1-8H3. The third-order valence-electron chi connectivity index (χ3n) is 12.2. The molecule has 0 radical (unpaired) electrons. The van der Waals surface area contributed by atoms with Crippen LogP contribution in [0.15, 0.2) is 170 Å². The van der Waals surface area contributed by atoms with Gasteiger partial charge in [-0.2, -0.15) is 0 Å². The van der Waals surface area contributed by atoms with E-state index in [1.807, 2.05) is 121 Å². The van der Waals surface area contributed by atoms with Crippen molar-refractivity contribution < 1.29 is 39.4 Å². The van der Waals surface area contributed by atoms with Gasteiger partial charge in [0.15, 0.2) is 0 Å². The van der Waals surface area contributed by atoms with Gasteiger partial charge < -0.3 is 39.4 Å². The van der Waals surface area contributed by atoms with Crippen molar-refractivity contribution in [2.24, 2.45) is 0 Å². The first kappa shape index (κ1) is 47.6. The Balaban J connectivity index is 1.44. The summed E-state index contributed by atoms with van der Waals surface area (Å²) < 4.78 is 29.9. The zero-order valence-electron chi connectivity index (χ0n) is 40.4. The van der Waals surface area contributed by atoms with Gasteiger partial charge in [0, 0.05) is 22.3 Å². The van der Waals surface area contributed by atoms with Crippen LogP contribution in [0.3, 0.4) is 0 Å². The molecule has 0 aliphatic carbocycles. The molecule has 0 saturated carbocycles. The van der Waals surface area contributed by atoms with E-state index < -0.39 is 6.16 Å². The van der Waals surface area contributed by atoms with Crippen molar-refractivity contribution in [3.8, 4) is 90.5 Å². The molecule has 8 heteroatoms. The normalized spacial score (nSPS) is 11.7. The largest absolute Gasteiger partial charge is 0.611 e. The Hall–Kier alpha value is -7.84. The summed E-state index contributed by atoms with van der Waals surface area (Å²) in [4.78, 5) is 0. The third-order valence-corrected chi connectivity index (χ3v) is 12.2. The van der Waals surface area contributed by atoms with Crippen molar-refractivity contribution in [2.45, 2.75) is 85.2 Å². The van der Waals surface area contributed by atoms with Crippen LogP contribution in [-0.2, 0) is 0 Å². The molecule has 0 amide bonds. The molecule has 0 spiro atoms. The van der Waals surface area contributed by atoms with Gasteiger partial charge in [0.25, 0.3) is 0 Å². The van der Waals surface area contributed by atoms with Crippen molar-refractivity contribution in [3.63, 3.8) is 0 Å². The van der Waals surface area contributed by atoms with Gasteiger partial charge in [0.05, 0.1) is 0 Å². The van der Waals surface area contributed by atoms with Crippen LogP contribution in [0.1, 0.15) is 101 Å². The third kappa shape index (κ3) is 10.4. The van der Waals surface area contributed by atoms with E-state index in [0.717, 1.165) is 66.8 Å². The molecule has 0 aliphatic heterocycles. The Labute approximate surface area is 405 Å². The molecule has 4 N–H and O–H groups in total. The van der Waals surface area contributed by atoms with Gasteiger partial charge in [0.2, 0.25) is 0 Å². The highest BCUT2D eigenvalue weighted by molar-refractivity contribution is 5.75. The molecule has 0 aromatic heterocycles. The Bertz CT molecular complexity index is 2610. The van der Waals surface area contributed by atoms with Crippen LogP contribution in [0, 0.1) is 0 Å².